The monoisotopic (exact) mass is 421 g/mol. The molecule has 28 heavy (non-hydrogen) atoms. The third-order valence-electron chi connectivity index (χ3n) is 4.63. The molecule has 0 spiro atoms. The van der Waals surface area contributed by atoms with Gasteiger partial charge in [0.2, 0.25) is 5.54 Å². The number of carbonyl (C=O) groups is 2. The van der Waals surface area contributed by atoms with E-state index in [1.807, 2.05) is 17.5 Å². The van der Waals surface area contributed by atoms with Crippen molar-refractivity contribution in [2.45, 2.75) is 31.7 Å². The van der Waals surface area contributed by atoms with Gasteiger partial charge in [-0.3, -0.25) is 0 Å². The number of rotatable bonds is 6. The lowest BCUT2D eigenvalue weighted by molar-refractivity contribution is -0.164. The largest absolute Gasteiger partial charge is 0.464 e. The molecule has 0 aliphatic carbocycles. The Morgan fingerprint density at radius 1 is 1.18 bits per heavy atom. The van der Waals surface area contributed by atoms with Gasteiger partial charge in [0.15, 0.2) is 0 Å². The van der Waals surface area contributed by atoms with Gasteiger partial charge in [0.25, 0.3) is 0 Å². The number of nitrogens with zero attached hydrogens (tertiary/aromatic N) is 1. The van der Waals surface area contributed by atoms with Crippen molar-refractivity contribution < 1.29 is 23.5 Å². The Morgan fingerprint density at radius 3 is 2.29 bits per heavy atom. The Kier molecular flexibility index (Phi) is 6.10. The molecule has 1 aromatic heterocycles. The number of ether oxygens (including phenoxy) is 2. The number of esters is 2. The molecule has 5 nitrogen and oxygen atoms in total. The molecule has 2 aromatic rings. The molecule has 0 bridgehead atoms. The Hall–Kier alpha value is -2.32. The van der Waals surface area contributed by atoms with Crippen LogP contribution < -0.4 is 4.90 Å². The first-order chi connectivity index (χ1) is 13.5. The van der Waals surface area contributed by atoms with E-state index in [2.05, 4.69) is 0 Å². The van der Waals surface area contributed by atoms with Crippen molar-refractivity contribution in [1.82, 2.24) is 0 Å². The predicted molar refractivity (Wildman–Crippen MR) is 109 cm³/mol. The lowest BCUT2D eigenvalue weighted by Gasteiger charge is -2.38. The summed E-state index contributed by atoms with van der Waals surface area (Å²) in [5.74, 6) is -2.45. The Balaban J connectivity index is 2.25. The molecule has 1 aromatic carbocycles. The molecule has 0 N–H and O–H groups in total. The highest BCUT2D eigenvalue weighted by Crippen LogP contribution is 2.48. The van der Waals surface area contributed by atoms with Crippen LogP contribution in [0.2, 0.25) is 0 Å². The molecule has 0 radical (unpaired) electrons. The Labute approximate surface area is 172 Å². The van der Waals surface area contributed by atoms with Crippen LogP contribution in [0, 0.1) is 5.82 Å². The van der Waals surface area contributed by atoms with E-state index in [9.17, 15) is 14.0 Å². The minimum Gasteiger partial charge on any atom is -0.464 e. The molecular formula is C20H20FNO4S2. The number of hydrogen-bond acceptors (Lipinski definition) is 6. The van der Waals surface area contributed by atoms with Crippen molar-refractivity contribution in [1.29, 1.82) is 0 Å². The summed E-state index contributed by atoms with van der Waals surface area (Å²) in [5, 5.41) is 1.88. The fraction of sp³-hybridized carbons (Fsp3) is 0.350. The van der Waals surface area contributed by atoms with Gasteiger partial charge in [-0.05, 0) is 49.6 Å². The average Bonchev–Trinajstić information content (AvgIpc) is 3.29. The van der Waals surface area contributed by atoms with Crippen LogP contribution in [-0.4, -0.2) is 35.7 Å². The minimum absolute atomic E-state index is 0.0984. The van der Waals surface area contributed by atoms with Crippen molar-refractivity contribution in [3.05, 3.63) is 52.5 Å². The lowest BCUT2D eigenvalue weighted by atomic mass is 9.83. The molecule has 1 fully saturated rings. The minimum atomic E-state index is -1.80. The van der Waals surface area contributed by atoms with Crippen LogP contribution in [-0.2, 0) is 19.1 Å². The highest BCUT2D eigenvalue weighted by molar-refractivity contribution is 7.80. The van der Waals surface area contributed by atoms with Gasteiger partial charge in [0, 0.05) is 22.9 Å². The van der Waals surface area contributed by atoms with Crippen LogP contribution in [0.15, 0.2) is 41.8 Å². The van der Waals surface area contributed by atoms with E-state index in [1.165, 1.54) is 40.5 Å². The molecule has 0 saturated carbocycles. The van der Waals surface area contributed by atoms with Crippen molar-refractivity contribution in [3.63, 3.8) is 0 Å². The topological polar surface area (TPSA) is 55.8 Å². The second-order valence-electron chi connectivity index (χ2n) is 6.19. The van der Waals surface area contributed by atoms with Crippen LogP contribution >= 0.6 is 23.6 Å². The van der Waals surface area contributed by atoms with Crippen molar-refractivity contribution in [3.8, 4) is 0 Å². The number of halogens is 1. The zero-order valence-corrected chi connectivity index (χ0v) is 17.1. The second kappa shape index (κ2) is 8.36. The quantitative estimate of drug-likeness (QED) is 0.398. The SMILES string of the molecule is CCOC(=O)C1(C(=O)OCC)C(c2cccs2)CC(=S)N1c1ccc(F)cc1. The zero-order valence-electron chi connectivity index (χ0n) is 15.5. The van der Waals surface area contributed by atoms with Crippen molar-refractivity contribution >= 4 is 46.2 Å². The number of hydrogen-bond donors (Lipinski definition) is 0. The fourth-order valence-electron chi connectivity index (χ4n) is 3.53. The van der Waals surface area contributed by atoms with Crippen LogP contribution in [0.1, 0.15) is 31.1 Å². The first-order valence-electron chi connectivity index (χ1n) is 8.93. The van der Waals surface area contributed by atoms with Crippen LogP contribution in [0.5, 0.6) is 0 Å². The summed E-state index contributed by atoms with van der Waals surface area (Å²) in [7, 11) is 0. The van der Waals surface area contributed by atoms with Gasteiger partial charge in [-0.25, -0.2) is 14.0 Å². The molecule has 3 rings (SSSR count). The van der Waals surface area contributed by atoms with E-state index < -0.39 is 29.2 Å². The molecule has 1 aliphatic rings. The van der Waals surface area contributed by atoms with Crippen molar-refractivity contribution in [2.24, 2.45) is 0 Å². The third-order valence-corrected chi connectivity index (χ3v) is 5.97. The van der Waals surface area contributed by atoms with Gasteiger partial charge in [0.1, 0.15) is 5.82 Å². The number of benzene rings is 1. The predicted octanol–water partition coefficient (Wildman–Crippen LogP) is 4.07. The van der Waals surface area contributed by atoms with E-state index in [0.717, 1.165) is 4.88 Å². The first kappa shape index (κ1) is 20.4. The lowest BCUT2D eigenvalue weighted by Crippen LogP contribution is -2.61. The maximum Gasteiger partial charge on any atom is 0.344 e. The average molecular weight is 422 g/mol. The smallest absolute Gasteiger partial charge is 0.344 e. The highest BCUT2D eigenvalue weighted by atomic mass is 32.1. The number of carbonyl (C=O) groups excluding carboxylic acids is 2. The molecule has 1 aliphatic heterocycles. The maximum absolute atomic E-state index is 13.5. The van der Waals surface area contributed by atoms with Crippen molar-refractivity contribution in [2.75, 3.05) is 18.1 Å². The van der Waals surface area contributed by atoms with E-state index in [4.69, 9.17) is 21.7 Å². The summed E-state index contributed by atoms with van der Waals surface area (Å²) < 4.78 is 24.2. The summed E-state index contributed by atoms with van der Waals surface area (Å²) in [6, 6.07) is 9.22. The number of anilines is 1. The van der Waals surface area contributed by atoms with Gasteiger partial charge in [-0.2, -0.15) is 0 Å². The summed E-state index contributed by atoms with van der Waals surface area (Å²) in [6.45, 7) is 3.54. The summed E-state index contributed by atoms with van der Waals surface area (Å²) in [5.41, 5.74) is -1.36. The van der Waals surface area contributed by atoms with Gasteiger partial charge in [0.05, 0.1) is 18.2 Å². The summed E-state index contributed by atoms with van der Waals surface area (Å²) in [4.78, 5) is 29.3. The van der Waals surface area contributed by atoms with Crippen LogP contribution in [0.4, 0.5) is 10.1 Å². The number of thiocarbonyl (C=S) groups is 1. The van der Waals surface area contributed by atoms with E-state index in [0.29, 0.717) is 17.1 Å². The molecule has 1 unspecified atom stereocenters. The van der Waals surface area contributed by atoms with Gasteiger partial charge >= 0.3 is 11.9 Å². The summed E-state index contributed by atoms with van der Waals surface area (Å²) in [6.07, 6.45) is 0.296. The first-order valence-corrected chi connectivity index (χ1v) is 10.2. The molecule has 2 heterocycles. The standard InChI is InChI=1S/C20H20FNO4S2/c1-3-25-18(23)20(19(24)26-4-2)15(16-6-5-11-28-16)12-17(27)22(20)14-9-7-13(21)8-10-14/h5-11,15H,3-4,12H2,1-2H3. The van der Waals surface area contributed by atoms with E-state index in [-0.39, 0.29) is 13.2 Å². The van der Waals surface area contributed by atoms with Gasteiger partial charge < -0.3 is 14.4 Å². The fourth-order valence-corrected chi connectivity index (χ4v) is 4.84. The van der Waals surface area contributed by atoms with E-state index >= 15 is 0 Å². The molecule has 1 saturated heterocycles. The van der Waals surface area contributed by atoms with Crippen LogP contribution in [0.25, 0.3) is 0 Å². The maximum atomic E-state index is 13.5. The van der Waals surface area contributed by atoms with Gasteiger partial charge in [-0.15, -0.1) is 11.3 Å². The zero-order chi connectivity index (χ0) is 20.3. The Bertz CT molecular complexity index is 849. The molecule has 0 amide bonds. The molecular weight excluding hydrogens is 401 g/mol. The molecule has 148 valence electrons. The molecule has 1 atom stereocenters. The second-order valence-corrected chi connectivity index (χ2v) is 7.64. The highest BCUT2D eigenvalue weighted by Gasteiger charge is 2.65. The molecule has 8 heteroatoms. The normalized spacial score (nSPS) is 18.2. The number of thiophene rings is 1. The third kappa shape index (κ3) is 3.31. The summed E-state index contributed by atoms with van der Waals surface area (Å²) >= 11 is 7.02. The Morgan fingerprint density at radius 2 is 1.79 bits per heavy atom. The van der Waals surface area contributed by atoms with Gasteiger partial charge in [-0.1, -0.05) is 18.3 Å². The van der Waals surface area contributed by atoms with Crippen LogP contribution in [0.3, 0.4) is 0 Å². The van der Waals surface area contributed by atoms with E-state index in [1.54, 1.807) is 13.8 Å².